The summed E-state index contributed by atoms with van der Waals surface area (Å²) >= 11 is 2.81. The summed E-state index contributed by atoms with van der Waals surface area (Å²) in [7, 11) is 1.33. The van der Waals surface area contributed by atoms with E-state index in [9.17, 15) is 13.2 Å². The fourth-order valence-corrected chi connectivity index (χ4v) is 1.84. The smallest absolute Gasteiger partial charge is 0.417 e. The van der Waals surface area contributed by atoms with Gasteiger partial charge in [0.1, 0.15) is 5.75 Å². The van der Waals surface area contributed by atoms with Crippen LogP contribution in [-0.4, -0.2) is 12.2 Å². The highest BCUT2D eigenvalue weighted by Gasteiger charge is 2.34. The lowest BCUT2D eigenvalue weighted by Gasteiger charge is -2.14. The fourth-order valence-electron chi connectivity index (χ4n) is 1.16. The first-order valence-electron chi connectivity index (χ1n) is 3.95. The summed E-state index contributed by atoms with van der Waals surface area (Å²) in [6, 6.07) is 2.08. The minimum absolute atomic E-state index is 0.0901. The zero-order chi connectivity index (χ0) is 11.6. The van der Waals surface area contributed by atoms with Crippen LogP contribution < -0.4 is 4.74 Å². The standard InChI is InChI=1S/C9H8BrF3O2/c1-15-7-3-2-6(9(11,12)13)8(10)5(7)4-14/h2-3,14H,4H2,1H3. The molecule has 0 spiro atoms. The molecule has 6 heteroatoms. The van der Waals surface area contributed by atoms with Crippen molar-refractivity contribution >= 4 is 15.9 Å². The van der Waals surface area contributed by atoms with Crippen LogP contribution in [-0.2, 0) is 12.8 Å². The Morgan fingerprint density at radius 3 is 2.40 bits per heavy atom. The van der Waals surface area contributed by atoms with Gasteiger partial charge in [-0.1, -0.05) is 0 Å². The van der Waals surface area contributed by atoms with E-state index in [1.54, 1.807) is 0 Å². The number of alkyl halides is 3. The highest BCUT2D eigenvalue weighted by atomic mass is 79.9. The Labute approximate surface area is 92.8 Å². The van der Waals surface area contributed by atoms with Crippen LogP contribution in [0, 0.1) is 0 Å². The molecule has 0 atom stereocenters. The van der Waals surface area contributed by atoms with E-state index >= 15 is 0 Å². The van der Waals surface area contributed by atoms with Crippen molar-refractivity contribution in [1.82, 2.24) is 0 Å². The van der Waals surface area contributed by atoms with E-state index in [1.807, 2.05) is 0 Å². The van der Waals surface area contributed by atoms with Crippen molar-refractivity contribution < 1.29 is 23.0 Å². The van der Waals surface area contributed by atoms with Gasteiger partial charge in [0.05, 0.1) is 19.3 Å². The van der Waals surface area contributed by atoms with Gasteiger partial charge in [0, 0.05) is 10.0 Å². The molecule has 0 amide bonds. The summed E-state index contributed by atoms with van der Waals surface area (Å²) < 4.78 is 42.0. The second kappa shape index (κ2) is 4.40. The molecule has 0 aromatic heterocycles. The predicted octanol–water partition coefficient (Wildman–Crippen LogP) is 2.97. The van der Waals surface area contributed by atoms with Gasteiger partial charge in [0.25, 0.3) is 0 Å². The van der Waals surface area contributed by atoms with Crippen LogP contribution in [0.4, 0.5) is 13.2 Å². The van der Waals surface area contributed by atoms with E-state index in [-0.39, 0.29) is 15.8 Å². The second-order valence-electron chi connectivity index (χ2n) is 2.76. The molecule has 0 aliphatic rings. The van der Waals surface area contributed by atoms with Crippen LogP contribution in [0.1, 0.15) is 11.1 Å². The summed E-state index contributed by atoms with van der Waals surface area (Å²) in [5, 5.41) is 8.94. The van der Waals surface area contributed by atoms with Crippen molar-refractivity contribution in [2.75, 3.05) is 7.11 Å². The molecule has 0 unspecified atom stereocenters. The van der Waals surface area contributed by atoms with Gasteiger partial charge < -0.3 is 9.84 Å². The van der Waals surface area contributed by atoms with Crippen LogP contribution in [0.2, 0.25) is 0 Å². The van der Waals surface area contributed by atoms with E-state index in [2.05, 4.69) is 15.9 Å². The summed E-state index contributed by atoms with van der Waals surface area (Å²) in [5.41, 5.74) is -0.736. The zero-order valence-corrected chi connectivity index (χ0v) is 9.32. The molecule has 0 aliphatic carbocycles. The quantitative estimate of drug-likeness (QED) is 0.905. The van der Waals surface area contributed by atoms with Crippen molar-refractivity contribution in [2.24, 2.45) is 0 Å². The summed E-state index contributed by atoms with van der Waals surface area (Å²) in [5.74, 6) is 0.220. The topological polar surface area (TPSA) is 29.5 Å². The molecular formula is C9H8BrF3O2. The van der Waals surface area contributed by atoms with Gasteiger partial charge in [-0.2, -0.15) is 13.2 Å². The van der Waals surface area contributed by atoms with E-state index in [0.29, 0.717) is 0 Å². The molecule has 0 bridgehead atoms. The van der Waals surface area contributed by atoms with Crippen molar-refractivity contribution in [3.8, 4) is 5.75 Å². The molecule has 0 radical (unpaired) electrons. The minimum Gasteiger partial charge on any atom is -0.496 e. The van der Waals surface area contributed by atoms with Crippen LogP contribution in [0.25, 0.3) is 0 Å². The summed E-state index contributed by atoms with van der Waals surface area (Å²) in [6.07, 6.45) is -4.45. The third-order valence-corrected chi connectivity index (χ3v) is 2.79. The number of ether oxygens (including phenoxy) is 1. The average Bonchev–Trinajstić information content (AvgIpc) is 2.15. The maximum Gasteiger partial charge on any atom is 0.417 e. The number of rotatable bonds is 2. The first kappa shape index (κ1) is 12.3. The third kappa shape index (κ3) is 2.43. The maximum atomic E-state index is 12.4. The van der Waals surface area contributed by atoms with Crippen LogP contribution in [0.5, 0.6) is 5.75 Å². The largest absolute Gasteiger partial charge is 0.496 e. The first-order valence-corrected chi connectivity index (χ1v) is 4.74. The lowest BCUT2D eigenvalue weighted by molar-refractivity contribution is -0.138. The number of methoxy groups -OCH3 is 1. The van der Waals surface area contributed by atoms with Gasteiger partial charge in [0.15, 0.2) is 0 Å². The van der Waals surface area contributed by atoms with E-state index in [0.717, 1.165) is 6.07 Å². The van der Waals surface area contributed by atoms with E-state index < -0.39 is 18.3 Å². The van der Waals surface area contributed by atoms with Crippen molar-refractivity contribution in [3.63, 3.8) is 0 Å². The summed E-state index contributed by atoms with van der Waals surface area (Å²) in [6.45, 7) is -0.520. The lowest BCUT2D eigenvalue weighted by Crippen LogP contribution is -2.08. The van der Waals surface area contributed by atoms with E-state index in [4.69, 9.17) is 9.84 Å². The molecule has 1 N–H and O–H groups in total. The van der Waals surface area contributed by atoms with Crippen molar-refractivity contribution in [3.05, 3.63) is 27.7 Å². The molecule has 2 nitrogen and oxygen atoms in total. The summed E-state index contributed by atoms with van der Waals surface area (Å²) in [4.78, 5) is 0. The Kier molecular flexibility index (Phi) is 3.62. The zero-order valence-electron chi connectivity index (χ0n) is 7.73. The number of aliphatic hydroxyl groups is 1. The molecule has 1 aromatic carbocycles. The molecule has 1 rings (SSSR count). The molecule has 0 fully saturated rings. The van der Waals surface area contributed by atoms with Crippen molar-refractivity contribution in [1.29, 1.82) is 0 Å². The van der Waals surface area contributed by atoms with Gasteiger partial charge in [-0.05, 0) is 28.1 Å². The SMILES string of the molecule is COc1ccc(C(F)(F)F)c(Br)c1CO. The predicted molar refractivity (Wildman–Crippen MR) is 51.6 cm³/mol. The second-order valence-corrected chi connectivity index (χ2v) is 3.56. The molecule has 0 saturated carbocycles. The van der Waals surface area contributed by atoms with Crippen LogP contribution in [0.15, 0.2) is 16.6 Å². The van der Waals surface area contributed by atoms with Gasteiger partial charge in [0.2, 0.25) is 0 Å². The molecule has 0 heterocycles. The van der Waals surface area contributed by atoms with Gasteiger partial charge in [-0.15, -0.1) is 0 Å². The Morgan fingerprint density at radius 1 is 1.40 bits per heavy atom. The third-order valence-electron chi connectivity index (χ3n) is 1.88. The highest BCUT2D eigenvalue weighted by molar-refractivity contribution is 9.10. The van der Waals surface area contributed by atoms with Crippen LogP contribution in [0.3, 0.4) is 0 Å². The normalized spacial score (nSPS) is 11.6. The average molecular weight is 285 g/mol. The highest BCUT2D eigenvalue weighted by Crippen LogP contribution is 2.39. The number of halogens is 4. The Bertz CT molecular complexity index is 363. The molecule has 0 aliphatic heterocycles. The fraction of sp³-hybridized carbons (Fsp3) is 0.333. The van der Waals surface area contributed by atoms with Crippen molar-refractivity contribution in [2.45, 2.75) is 12.8 Å². The number of benzene rings is 1. The van der Waals surface area contributed by atoms with E-state index in [1.165, 1.54) is 13.2 Å². The number of hydrogen-bond donors (Lipinski definition) is 1. The number of aliphatic hydroxyl groups excluding tert-OH is 1. The molecule has 15 heavy (non-hydrogen) atoms. The molecule has 1 aromatic rings. The molecule has 84 valence electrons. The Morgan fingerprint density at radius 2 is 2.00 bits per heavy atom. The molecular weight excluding hydrogens is 277 g/mol. The maximum absolute atomic E-state index is 12.4. The lowest BCUT2D eigenvalue weighted by atomic mass is 10.1. The first-order chi connectivity index (χ1) is 6.91. The van der Waals surface area contributed by atoms with Crippen LogP contribution >= 0.6 is 15.9 Å². The Balaban J connectivity index is 3.36. The number of hydrogen-bond acceptors (Lipinski definition) is 2. The minimum atomic E-state index is -4.45. The van der Waals surface area contributed by atoms with Gasteiger partial charge >= 0.3 is 6.18 Å². The van der Waals surface area contributed by atoms with Gasteiger partial charge in [-0.3, -0.25) is 0 Å². The van der Waals surface area contributed by atoms with Gasteiger partial charge in [-0.25, -0.2) is 0 Å². The monoisotopic (exact) mass is 284 g/mol. The molecule has 0 saturated heterocycles. The Hall–Kier alpha value is -0.750.